The van der Waals surface area contributed by atoms with Gasteiger partial charge in [0.05, 0.1) is 10.7 Å². The van der Waals surface area contributed by atoms with Gasteiger partial charge in [-0.05, 0) is 55.4 Å². The van der Waals surface area contributed by atoms with E-state index in [1.54, 1.807) is 11.8 Å². The van der Waals surface area contributed by atoms with Gasteiger partial charge >= 0.3 is 0 Å². The van der Waals surface area contributed by atoms with Gasteiger partial charge in [0.2, 0.25) is 0 Å². The van der Waals surface area contributed by atoms with Crippen molar-refractivity contribution in [3.8, 4) is 0 Å². The van der Waals surface area contributed by atoms with Crippen molar-refractivity contribution in [2.24, 2.45) is 4.99 Å². The van der Waals surface area contributed by atoms with Gasteiger partial charge in [-0.15, -0.1) is 11.8 Å². The van der Waals surface area contributed by atoms with E-state index < -0.39 is 0 Å². The molecule has 1 nitrogen and oxygen atoms in total. The van der Waals surface area contributed by atoms with E-state index in [2.05, 4.69) is 52.5 Å². The fourth-order valence-electron chi connectivity index (χ4n) is 1.73. The van der Waals surface area contributed by atoms with Crippen molar-refractivity contribution < 1.29 is 0 Å². The van der Waals surface area contributed by atoms with Crippen molar-refractivity contribution in [3.63, 3.8) is 0 Å². The molecule has 3 heteroatoms. The van der Waals surface area contributed by atoms with Gasteiger partial charge < -0.3 is 0 Å². The predicted molar refractivity (Wildman–Crippen MR) is 76.8 cm³/mol. The number of nitrogens with zero attached hydrogens (tertiary/aromatic N) is 1. The zero-order valence-electron chi connectivity index (χ0n) is 9.24. The Kier molecular flexibility index (Phi) is 4.24. The van der Waals surface area contributed by atoms with Crippen molar-refractivity contribution in [1.29, 1.82) is 0 Å². The fourth-order valence-corrected chi connectivity index (χ4v) is 2.56. The van der Waals surface area contributed by atoms with Crippen LogP contribution in [-0.4, -0.2) is 11.3 Å². The van der Waals surface area contributed by atoms with Crippen LogP contribution in [0.3, 0.4) is 0 Å². The van der Waals surface area contributed by atoms with E-state index in [0.29, 0.717) is 0 Å². The molecule has 0 amide bonds. The van der Waals surface area contributed by atoms with Crippen LogP contribution in [0.1, 0.15) is 18.4 Å². The van der Waals surface area contributed by atoms with E-state index in [0.717, 1.165) is 28.0 Å². The van der Waals surface area contributed by atoms with E-state index in [9.17, 15) is 0 Å². The summed E-state index contributed by atoms with van der Waals surface area (Å²) >= 11 is 5.21. The largest absolute Gasteiger partial charge is 0.242 e. The molecule has 0 radical (unpaired) electrons. The lowest BCUT2D eigenvalue weighted by Crippen LogP contribution is -1.87. The Hall–Kier alpha value is -0.540. The Morgan fingerprint density at radius 2 is 2.25 bits per heavy atom. The van der Waals surface area contributed by atoms with Crippen LogP contribution in [0.25, 0.3) is 0 Å². The van der Waals surface area contributed by atoms with Crippen molar-refractivity contribution in [2.75, 3.05) is 6.26 Å². The first-order chi connectivity index (χ1) is 7.79. The van der Waals surface area contributed by atoms with Crippen molar-refractivity contribution in [2.45, 2.75) is 19.3 Å². The molecule has 1 aliphatic heterocycles. The molecule has 0 bridgehead atoms. The number of rotatable bonds is 0. The van der Waals surface area contributed by atoms with Gasteiger partial charge in [-0.2, -0.15) is 0 Å². The summed E-state index contributed by atoms with van der Waals surface area (Å²) in [6.07, 6.45) is 9.84. The maximum Gasteiger partial charge on any atom is 0.0961 e. The number of aliphatic imine (C=N–C) groups is 1. The van der Waals surface area contributed by atoms with Gasteiger partial charge in [-0.25, -0.2) is 4.99 Å². The van der Waals surface area contributed by atoms with Crippen LogP contribution in [0.4, 0.5) is 5.69 Å². The third kappa shape index (κ3) is 2.98. The van der Waals surface area contributed by atoms with E-state index in [1.165, 1.54) is 12.0 Å². The number of benzene rings is 1. The van der Waals surface area contributed by atoms with Gasteiger partial charge in [0.15, 0.2) is 0 Å². The van der Waals surface area contributed by atoms with Gasteiger partial charge in [0.1, 0.15) is 0 Å². The lowest BCUT2D eigenvalue weighted by molar-refractivity contribution is 0.844. The number of hydrogen-bond donors (Lipinski definition) is 0. The second-order valence-electron chi connectivity index (χ2n) is 3.72. The highest BCUT2D eigenvalue weighted by molar-refractivity contribution is 9.10. The number of thioether (sulfide) groups is 1. The molecule has 16 heavy (non-hydrogen) atoms. The topological polar surface area (TPSA) is 12.4 Å². The molecule has 1 aliphatic rings. The zero-order valence-corrected chi connectivity index (χ0v) is 11.6. The highest BCUT2D eigenvalue weighted by Gasteiger charge is 2.05. The number of fused-ring (bicyclic) bond motifs is 1. The van der Waals surface area contributed by atoms with Crippen LogP contribution in [0.15, 0.2) is 39.8 Å². The molecule has 0 spiro atoms. The molecule has 0 saturated carbocycles. The quantitative estimate of drug-likeness (QED) is 0.674. The molecule has 1 aromatic carbocycles. The Labute approximate surface area is 109 Å². The molecular weight excluding hydrogens is 282 g/mol. The van der Waals surface area contributed by atoms with Crippen molar-refractivity contribution >= 4 is 38.4 Å². The van der Waals surface area contributed by atoms with Crippen LogP contribution >= 0.6 is 27.7 Å². The first-order valence-electron chi connectivity index (χ1n) is 5.37. The normalized spacial score (nSPS) is 21.0. The first-order valence-corrected chi connectivity index (χ1v) is 7.39. The summed E-state index contributed by atoms with van der Waals surface area (Å²) in [5.74, 6) is 0. The molecule has 0 unspecified atom stereocenters. The highest BCUT2D eigenvalue weighted by atomic mass is 79.9. The molecule has 0 fully saturated rings. The molecule has 84 valence electrons. The van der Waals surface area contributed by atoms with Gasteiger partial charge in [-0.3, -0.25) is 0 Å². The summed E-state index contributed by atoms with van der Waals surface area (Å²) in [5.41, 5.74) is 2.45. The van der Waals surface area contributed by atoms with Crippen LogP contribution < -0.4 is 0 Å². The molecule has 0 atom stereocenters. The van der Waals surface area contributed by atoms with Gasteiger partial charge in [-0.1, -0.05) is 22.0 Å². The monoisotopic (exact) mass is 295 g/mol. The molecule has 0 N–H and O–H groups in total. The van der Waals surface area contributed by atoms with Crippen LogP contribution in [0, 0.1) is 0 Å². The second kappa shape index (κ2) is 5.69. The maximum atomic E-state index is 4.69. The zero-order chi connectivity index (χ0) is 11.4. The second-order valence-corrected chi connectivity index (χ2v) is 5.46. The molecular formula is C13H14BrNS. The summed E-state index contributed by atoms with van der Waals surface area (Å²) in [5, 5.41) is 1.09. The Morgan fingerprint density at radius 1 is 1.38 bits per heavy atom. The Bertz CT molecular complexity index is 438. The van der Waals surface area contributed by atoms with E-state index in [1.807, 2.05) is 0 Å². The third-order valence-corrected chi connectivity index (χ3v) is 3.70. The minimum Gasteiger partial charge on any atom is -0.242 e. The van der Waals surface area contributed by atoms with Crippen LogP contribution in [0.2, 0.25) is 0 Å². The number of halogens is 1. The molecule has 1 aromatic rings. The fraction of sp³-hybridized carbons (Fsp3) is 0.308. The highest BCUT2D eigenvalue weighted by Crippen LogP contribution is 2.27. The molecule has 0 saturated heterocycles. The SMILES string of the molecule is CSC1=N/c2ccc(Br)cc2CCC/C=C\1. The summed E-state index contributed by atoms with van der Waals surface area (Å²) in [7, 11) is 0. The minimum atomic E-state index is 1.09. The average molecular weight is 296 g/mol. The first kappa shape index (κ1) is 11.9. The molecule has 2 rings (SSSR count). The number of allylic oxidation sites excluding steroid dienone is 1. The summed E-state index contributed by atoms with van der Waals surface area (Å²) in [6, 6.07) is 6.33. The number of hydrogen-bond acceptors (Lipinski definition) is 2. The molecule has 0 aromatic heterocycles. The Balaban J connectivity index is 2.44. The van der Waals surface area contributed by atoms with Crippen molar-refractivity contribution in [3.05, 3.63) is 40.4 Å². The lowest BCUT2D eigenvalue weighted by Gasteiger charge is -2.05. The van der Waals surface area contributed by atoms with Crippen molar-refractivity contribution in [1.82, 2.24) is 0 Å². The van der Waals surface area contributed by atoms with Gasteiger partial charge in [0.25, 0.3) is 0 Å². The smallest absolute Gasteiger partial charge is 0.0961 e. The maximum absolute atomic E-state index is 4.69. The number of aryl methyl sites for hydroxylation is 1. The summed E-state index contributed by atoms with van der Waals surface area (Å²) in [4.78, 5) is 4.69. The third-order valence-electron chi connectivity index (χ3n) is 2.56. The standard InChI is InChI=1S/C13H14BrNS/c1-16-13-6-4-2-3-5-10-9-11(14)7-8-12(10)15-13/h4,6-9H,2-3,5H2,1H3/b6-4-,15-13+. The van der Waals surface area contributed by atoms with Crippen LogP contribution in [0.5, 0.6) is 0 Å². The summed E-state index contributed by atoms with van der Waals surface area (Å²) < 4.78 is 1.14. The lowest BCUT2D eigenvalue weighted by atomic mass is 10.1. The van der Waals surface area contributed by atoms with Crippen LogP contribution in [-0.2, 0) is 6.42 Å². The molecule has 1 heterocycles. The van der Waals surface area contributed by atoms with Gasteiger partial charge in [0, 0.05) is 4.47 Å². The van der Waals surface area contributed by atoms with E-state index >= 15 is 0 Å². The minimum absolute atomic E-state index is 1.09. The predicted octanol–water partition coefficient (Wildman–Crippen LogP) is 4.73. The average Bonchev–Trinajstić information content (AvgIpc) is 2.38. The summed E-state index contributed by atoms with van der Waals surface area (Å²) in [6.45, 7) is 0. The van der Waals surface area contributed by atoms with E-state index in [4.69, 9.17) is 4.99 Å². The van der Waals surface area contributed by atoms with E-state index in [-0.39, 0.29) is 0 Å². The molecule has 0 aliphatic carbocycles. The Morgan fingerprint density at radius 3 is 3.06 bits per heavy atom.